The summed E-state index contributed by atoms with van der Waals surface area (Å²) in [5.74, 6) is -4.09. The van der Waals surface area contributed by atoms with Crippen molar-refractivity contribution in [1.82, 2.24) is 31.1 Å². The number of nitrogens with zero attached hydrogens (tertiary/aromatic N) is 2. The fraction of sp³-hybridized carbons (Fsp3) is 0.629. The van der Waals surface area contributed by atoms with Gasteiger partial charge in [0.1, 0.15) is 18.1 Å². The van der Waals surface area contributed by atoms with Crippen LogP contribution in [0.25, 0.3) is 0 Å². The van der Waals surface area contributed by atoms with E-state index in [2.05, 4.69) is 21.3 Å². The first-order valence-electron chi connectivity index (χ1n) is 16.8. The molecule has 5 atom stereocenters. The average molecular weight is 687 g/mol. The van der Waals surface area contributed by atoms with Gasteiger partial charge in [0.2, 0.25) is 29.4 Å². The third-order valence-corrected chi connectivity index (χ3v) is 7.99. The molecule has 6 amide bonds. The molecule has 1 aromatic carbocycles. The second kappa shape index (κ2) is 18.3. The molecule has 1 fully saturated rings. The van der Waals surface area contributed by atoms with Crippen molar-refractivity contribution in [1.29, 1.82) is 0 Å². The Balaban J connectivity index is 2.12. The second-order valence-corrected chi connectivity index (χ2v) is 14.3. The molecule has 14 nitrogen and oxygen atoms in total. The normalized spacial score (nSPS) is 17.7. The Morgan fingerprint density at radius 3 is 2.16 bits per heavy atom. The number of alkyl carbamates (subject to hydrolysis) is 1. The van der Waals surface area contributed by atoms with Crippen LogP contribution in [0.2, 0.25) is 0 Å². The highest BCUT2D eigenvalue weighted by Crippen LogP contribution is 2.28. The summed E-state index contributed by atoms with van der Waals surface area (Å²) in [7, 11) is 3.11. The first-order chi connectivity index (χ1) is 22.9. The van der Waals surface area contributed by atoms with Gasteiger partial charge in [-0.1, -0.05) is 85.2 Å². The van der Waals surface area contributed by atoms with Crippen molar-refractivity contribution in [3.05, 3.63) is 35.9 Å². The number of ketones is 1. The van der Waals surface area contributed by atoms with Crippen molar-refractivity contribution in [3.63, 3.8) is 0 Å². The van der Waals surface area contributed by atoms with Crippen molar-refractivity contribution < 1.29 is 38.3 Å². The number of Topliss-reactive ketones (excluding diaryl/α,β-unsaturated/α-hetero) is 1. The molecule has 1 aliphatic rings. The molecule has 0 spiro atoms. The highest BCUT2D eigenvalue weighted by atomic mass is 16.5. The van der Waals surface area contributed by atoms with Crippen LogP contribution >= 0.6 is 0 Å². The van der Waals surface area contributed by atoms with Crippen LogP contribution in [0, 0.1) is 17.3 Å². The van der Waals surface area contributed by atoms with Crippen LogP contribution in [0.4, 0.5) is 4.79 Å². The Bertz CT molecular complexity index is 1340. The number of likely N-dealkylation sites (N-methyl/N-ethyl adjacent to an activating group) is 1. The van der Waals surface area contributed by atoms with Crippen LogP contribution in [0.5, 0.6) is 0 Å². The van der Waals surface area contributed by atoms with Gasteiger partial charge in [0.25, 0.3) is 5.91 Å². The molecule has 0 aliphatic carbocycles. The molecule has 49 heavy (non-hydrogen) atoms. The highest BCUT2D eigenvalue weighted by Gasteiger charge is 2.45. The van der Waals surface area contributed by atoms with Gasteiger partial charge in [-0.25, -0.2) is 4.79 Å². The summed E-state index contributed by atoms with van der Waals surface area (Å²) in [6.07, 6.45) is 0.179. The lowest BCUT2D eigenvalue weighted by atomic mass is 9.85. The lowest BCUT2D eigenvalue weighted by molar-refractivity contribution is -0.144. The van der Waals surface area contributed by atoms with Crippen LogP contribution in [0.15, 0.2) is 30.3 Å². The van der Waals surface area contributed by atoms with Crippen LogP contribution < -0.4 is 21.3 Å². The molecule has 1 aromatic rings. The number of nitrogens with one attached hydrogen (secondary N) is 4. The maximum Gasteiger partial charge on any atom is 0.407 e. The molecule has 1 aliphatic heterocycles. The van der Waals surface area contributed by atoms with Gasteiger partial charge in [-0.2, -0.15) is 0 Å². The standard InChI is InChI=1S/C35H54N6O8/c1-10-14-24(28(43)31(45)36-18-26(42)38-27(32(46)40(8)9)23-15-12-11-13-16-23)37-30(44)25-17-22(4)19-41(25)33(47)29(35(5,6)7)39-34(48)49-20-21(2)3/h11-13,15-16,21-22,24-25,27,29H,10,14,17-20H2,1-9H3,(H,36,45)(H,37,44)(H,38,42)(H,39,48)/t22-,24?,25+,27+,29-/m1/s1. The number of carbonyl (C=O) groups excluding carboxylic acids is 7. The molecule has 0 saturated carbocycles. The van der Waals surface area contributed by atoms with Crippen molar-refractivity contribution in [3.8, 4) is 0 Å². The average Bonchev–Trinajstić information content (AvgIpc) is 3.44. The first kappa shape index (κ1) is 40.7. The quantitative estimate of drug-likeness (QED) is 0.202. The Morgan fingerprint density at radius 1 is 0.980 bits per heavy atom. The van der Waals surface area contributed by atoms with Crippen LogP contribution in [0.1, 0.15) is 79.3 Å². The van der Waals surface area contributed by atoms with Gasteiger partial charge in [-0.15, -0.1) is 0 Å². The molecule has 2 rings (SSSR count). The topological polar surface area (TPSA) is 183 Å². The second-order valence-electron chi connectivity index (χ2n) is 14.3. The summed E-state index contributed by atoms with van der Waals surface area (Å²) in [6, 6.07) is 4.47. The lowest BCUT2D eigenvalue weighted by Gasteiger charge is -2.35. The van der Waals surface area contributed by atoms with Gasteiger partial charge in [-0.3, -0.25) is 28.8 Å². The van der Waals surface area contributed by atoms with Crippen LogP contribution in [0.3, 0.4) is 0 Å². The van der Waals surface area contributed by atoms with Gasteiger partial charge < -0.3 is 35.8 Å². The molecule has 1 unspecified atom stereocenters. The minimum absolute atomic E-state index is 0.0468. The molecule has 1 heterocycles. The van der Waals surface area contributed by atoms with Crippen molar-refractivity contribution >= 4 is 41.4 Å². The molecular formula is C35H54N6O8. The SMILES string of the molecule is CCCC(NC(=O)[C@@H]1C[C@@H](C)CN1C(=O)[C@@H](NC(=O)OCC(C)C)C(C)(C)C)C(=O)C(=O)NCC(=O)N[C@H](C(=O)N(C)C)c1ccccc1. The molecular weight excluding hydrogens is 632 g/mol. The zero-order chi connectivity index (χ0) is 37.1. The zero-order valence-corrected chi connectivity index (χ0v) is 30.3. The summed E-state index contributed by atoms with van der Waals surface area (Å²) in [6.45, 7) is 12.7. The predicted octanol–water partition coefficient (Wildman–Crippen LogP) is 1.94. The molecule has 0 aromatic heterocycles. The number of rotatable bonds is 15. The Labute approximate surface area is 289 Å². The summed E-state index contributed by atoms with van der Waals surface area (Å²) >= 11 is 0. The minimum atomic E-state index is -1.21. The third-order valence-electron chi connectivity index (χ3n) is 7.99. The van der Waals surface area contributed by atoms with E-state index < -0.39 is 71.6 Å². The molecule has 14 heteroatoms. The van der Waals surface area contributed by atoms with E-state index in [0.29, 0.717) is 18.4 Å². The van der Waals surface area contributed by atoms with Crippen molar-refractivity contribution in [2.45, 2.75) is 91.9 Å². The smallest absolute Gasteiger partial charge is 0.407 e. The van der Waals surface area contributed by atoms with Crippen LogP contribution in [-0.2, 0) is 33.5 Å². The Kier molecular flexibility index (Phi) is 15.2. The van der Waals surface area contributed by atoms with E-state index in [0.717, 1.165) is 0 Å². The van der Waals surface area contributed by atoms with Gasteiger partial charge in [0.15, 0.2) is 0 Å². The van der Waals surface area contributed by atoms with E-state index in [1.165, 1.54) is 9.80 Å². The summed E-state index contributed by atoms with van der Waals surface area (Å²) in [5.41, 5.74) is -0.167. The molecule has 1 saturated heterocycles. The van der Waals surface area contributed by atoms with Gasteiger partial charge in [-0.05, 0) is 35.7 Å². The van der Waals surface area contributed by atoms with Crippen LogP contribution in [-0.4, -0.2) is 103 Å². The fourth-order valence-electron chi connectivity index (χ4n) is 5.39. The largest absolute Gasteiger partial charge is 0.449 e. The fourth-order valence-corrected chi connectivity index (χ4v) is 5.39. The molecule has 0 bridgehead atoms. The number of ether oxygens (including phenoxy) is 1. The third kappa shape index (κ3) is 12.2. The monoisotopic (exact) mass is 686 g/mol. The van der Waals surface area contributed by atoms with E-state index in [1.54, 1.807) is 72.1 Å². The maximum atomic E-state index is 13.9. The van der Waals surface area contributed by atoms with Crippen molar-refractivity contribution in [2.24, 2.45) is 17.3 Å². The van der Waals surface area contributed by atoms with E-state index >= 15 is 0 Å². The number of benzene rings is 1. The van der Waals surface area contributed by atoms with E-state index in [-0.39, 0.29) is 37.3 Å². The lowest BCUT2D eigenvalue weighted by Crippen LogP contribution is -2.59. The number of hydrogen-bond donors (Lipinski definition) is 4. The van der Waals surface area contributed by atoms with Gasteiger partial charge in [0, 0.05) is 20.6 Å². The minimum Gasteiger partial charge on any atom is -0.449 e. The molecule has 0 radical (unpaired) electrons. The van der Waals surface area contributed by atoms with Gasteiger partial charge >= 0.3 is 6.09 Å². The highest BCUT2D eigenvalue weighted by molar-refractivity contribution is 6.38. The van der Waals surface area contributed by atoms with Crippen molar-refractivity contribution in [2.75, 3.05) is 33.8 Å². The van der Waals surface area contributed by atoms with E-state index in [9.17, 15) is 33.6 Å². The Morgan fingerprint density at radius 2 is 1.61 bits per heavy atom. The summed E-state index contributed by atoms with van der Waals surface area (Å²) in [4.78, 5) is 94.4. The zero-order valence-electron chi connectivity index (χ0n) is 30.3. The number of carbonyl (C=O) groups is 7. The van der Waals surface area contributed by atoms with Gasteiger partial charge in [0.05, 0.1) is 19.2 Å². The summed E-state index contributed by atoms with van der Waals surface area (Å²) in [5, 5.41) is 10.2. The number of hydrogen-bond acceptors (Lipinski definition) is 8. The van der Waals surface area contributed by atoms with E-state index in [1.807, 2.05) is 20.8 Å². The number of likely N-dealkylation sites (tertiary alicyclic amines) is 1. The Hall–Kier alpha value is -4.49. The molecule has 272 valence electrons. The predicted molar refractivity (Wildman–Crippen MR) is 183 cm³/mol. The van der Waals surface area contributed by atoms with E-state index in [4.69, 9.17) is 4.74 Å². The molecule has 4 N–H and O–H groups in total. The maximum absolute atomic E-state index is 13.9. The number of amides is 6. The first-order valence-corrected chi connectivity index (χ1v) is 16.8. The summed E-state index contributed by atoms with van der Waals surface area (Å²) < 4.78 is 5.24.